The van der Waals surface area contributed by atoms with Crippen LogP contribution in [0.15, 0.2) is 24.8 Å². The van der Waals surface area contributed by atoms with Crippen LogP contribution in [-0.2, 0) is 6.42 Å². The second kappa shape index (κ2) is 6.11. The minimum Gasteiger partial charge on any atom is -0.478 e. The molecule has 0 aliphatic rings. The van der Waals surface area contributed by atoms with Gasteiger partial charge in [-0.3, -0.25) is 0 Å². The first kappa shape index (κ1) is 12.5. The second-order valence-corrected chi connectivity index (χ2v) is 3.84. The molecule has 0 amide bonds. The molecule has 0 fully saturated rings. The molecule has 0 heterocycles. The molecule has 1 aromatic carbocycles. The minimum atomic E-state index is -0.882. The SMILES string of the molecule is C=Cc1c(CCCCC)cccc1C(=O)O. The number of unbranched alkanes of at least 4 members (excludes halogenated alkanes) is 2. The summed E-state index contributed by atoms with van der Waals surface area (Å²) in [6.45, 7) is 5.85. The summed E-state index contributed by atoms with van der Waals surface area (Å²) in [5.41, 5.74) is 2.21. The van der Waals surface area contributed by atoms with Crippen molar-refractivity contribution in [3.63, 3.8) is 0 Å². The third kappa shape index (κ3) is 2.96. The largest absolute Gasteiger partial charge is 0.478 e. The Morgan fingerprint density at radius 2 is 2.19 bits per heavy atom. The van der Waals surface area contributed by atoms with Crippen molar-refractivity contribution in [3.05, 3.63) is 41.5 Å². The van der Waals surface area contributed by atoms with Crippen molar-refractivity contribution in [2.24, 2.45) is 0 Å². The van der Waals surface area contributed by atoms with Crippen LogP contribution in [0.1, 0.15) is 47.7 Å². The predicted molar refractivity (Wildman–Crippen MR) is 66.7 cm³/mol. The Hall–Kier alpha value is -1.57. The lowest BCUT2D eigenvalue weighted by Crippen LogP contribution is -2.02. The maximum atomic E-state index is 11.0. The number of carbonyl (C=O) groups is 1. The maximum Gasteiger partial charge on any atom is 0.336 e. The molecule has 0 saturated carbocycles. The van der Waals surface area contributed by atoms with Gasteiger partial charge in [-0.1, -0.05) is 44.6 Å². The Kier molecular flexibility index (Phi) is 4.77. The average Bonchev–Trinajstić information content (AvgIpc) is 2.29. The Bertz CT molecular complexity index is 380. The van der Waals surface area contributed by atoms with Crippen LogP contribution in [0.5, 0.6) is 0 Å². The zero-order valence-electron chi connectivity index (χ0n) is 9.70. The molecule has 0 spiro atoms. The summed E-state index contributed by atoms with van der Waals surface area (Å²) < 4.78 is 0. The summed E-state index contributed by atoms with van der Waals surface area (Å²) in [7, 11) is 0. The van der Waals surface area contributed by atoms with Gasteiger partial charge in [0, 0.05) is 0 Å². The fourth-order valence-electron chi connectivity index (χ4n) is 1.82. The minimum absolute atomic E-state index is 0.351. The molecule has 2 heteroatoms. The van der Waals surface area contributed by atoms with Crippen molar-refractivity contribution < 1.29 is 9.90 Å². The molecule has 0 saturated heterocycles. The van der Waals surface area contributed by atoms with Gasteiger partial charge in [0.05, 0.1) is 5.56 Å². The van der Waals surface area contributed by atoms with Gasteiger partial charge in [-0.25, -0.2) is 4.79 Å². The quantitative estimate of drug-likeness (QED) is 0.738. The van der Waals surface area contributed by atoms with Crippen LogP contribution >= 0.6 is 0 Å². The first-order chi connectivity index (χ1) is 7.70. The van der Waals surface area contributed by atoms with E-state index in [0.29, 0.717) is 5.56 Å². The number of benzene rings is 1. The smallest absolute Gasteiger partial charge is 0.336 e. The van der Waals surface area contributed by atoms with Gasteiger partial charge in [-0.2, -0.15) is 0 Å². The van der Waals surface area contributed by atoms with Gasteiger partial charge in [-0.05, 0) is 30.0 Å². The standard InChI is InChI=1S/C14H18O2/c1-3-5-6-8-11-9-7-10-13(14(15)16)12(11)4-2/h4,7,9-10H,2-3,5-6,8H2,1H3,(H,15,16). The van der Waals surface area contributed by atoms with Gasteiger partial charge in [-0.15, -0.1) is 0 Å². The zero-order chi connectivity index (χ0) is 12.0. The lowest BCUT2D eigenvalue weighted by atomic mass is 9.97. The van der Waals surface area contributed by atoms with Crippen LogP contribution in [0.25, 0.3) is 6.08 Å². The molecule has 0 bridgehead atoms. The number of aryl methyl sites for hydroxylation is 1. The molecule has 2 nitrogen and oxygen atoms in total. The molecule has 0 aliphatic heterocycles. The molecular weight excluding hydrogens is 200 g/mol. The predicted octanol–water partition coefficient (Wildman–Crippen LogP) is 3.76. The van der Waals surface area contributed by atoms with Crippen LogP contribution < -0.4 is 0 Å². The van der Waals surface area contributed by atoms with Crippen molar-refractivity contribution in [1.29, 1.82) is 0 Å². The van der Waals surface area contributed by atoms with Gasteiger partial charge in [0.15, 0.2) is 0 Å². The molecular formula is C14H18O2. The third-order valence-corrected chi connectivity index (χ3v) is 2.68. The molecule has 1 aromatic rings. The van der Waals surface area contributed by atoms with E-state index < -0.39 is 5.97 Å². The summed E-state index contributed by atoms with van der Waals surface area (Å²) in [6.07, 6.45) is 6.01. The summed E-state index contributed by atoms with van der Waals surface area (Å²) in [5.74, 6) is -0.882. The molecule has 86 valence electrons. The average molecular weight is 218 g/mol. The maximum absolute atomic E-state index is 11.0. The monoisotopic (exact) mass is 218 g/mol. The van der Waals surface area contributed by atoms with Crippen molar-refractivity contribution in [2.45, 2.75) is 32.6 Å². The Morgan fingerprint density at radius 1 is 1.44 bits per heavy atom. The van der Waals surface area contributed by atoms with E-state index >= 15 is 0 Å². The van der Waals surface area contributed by atoms with Gasteiger partial charge >= 0.3 is 5.97 Å². The zero-order valence-corrected chi connectivity index (χ0v) is 9.70. The Balaban J connectivity index is 2.95. The number of rotatable bonds is 6. The van der Waals surface area contributed by atoms with E-state index in [4.69, 9.17) is 5.11 Å². The topological polar surface area (TPSA) is 37.3 Å². The van der Waals surface area contributed by atoms with Crippen molar-refractivity contribution in [1.82, 2.24) is 0 Å². The highest BCUT2D eigenvalue weighted by Crippen LogP contribution is 2.18. The molecule has 0 atom stereocenters. The Labute approximate surface area is 96.6 Å². The summed E-state index contributed by atoms with van der Waals surface area (Å²) in [5, 5.41) is 9.05. The normalized spacial score (nSPS) is 10.1. The van der Waals surface area contributed by atoms with Crippen molar-refractivity contribution in [2.75, 3.05) is 0 Å². The first-order valence-electron chi connectivity index (χ1n) is 5.68. The fraction of sp³-hybridized carbons (Fsp3) is 0.357. The van der Waals surface area contributed by atoms with Crippen LogP contribution in [0.2, 0.25) is 0 Å². The van der Waals surface area contributed by atoms with Crippen LogP contribution in [0.3, 0.4) is 0 Å². The van der Waals surface area contributed by atoms with Gasteiger partial charge in [0.2, 0.25) is 0 Å². The molecule has 0 aliphatic carbocycles. The lowest BCUT2D eigenvalue weighted by Gasteiger charge is -2.08. The van der Waals surface area contributed by atoms with E-state index in [0.717, 1.165) is 24.0 Å². The highest BCUT2D eigenvalue weighted by molar-refractivity contribution is 5.92. The third-order valence-electron chi connectivity index (χ3n) is 2.68. The number of carboxylic acids is 1. The van der Waals surface area contributed by atoms with E-state index in [1.807, 2.05) is 6.07 Å². The van der Waals surface area contributed by atoms with E-state index in [2.05, 4.69) is 13.5 Å². The van der Waals surface area contributed by atoms with E-state index in [-0.39, 0.29) is 0 Å². The van der Waals surface area contributed by atoms with Crippen molar-refractivity contribution in [3.8, 4) is 0 Å². The molecule has 0 aromatic heterocycles. The Morgan fingerprint density at radius 3 is 2.75 bits per heavy atom. The fourth-order valence-corrected chi connectivity index (χ4v) is 1.82. The molecule has 16 heavy (non-hydrogen) atoms. The van der Waals surface area contributed by atoms with Gasteiger partial charge in [0.25, 0.3) is 0 Å². The molecule has 1 rings (SSSR count). The van der Waals surface area contributed by atoms with Crippen LogP contribution in [0, 0.1) is 0 Å². The summed E-state index contributed by atoms with van der Waals surface area (Å²) >= 11 is 0. The molecule has 0 radical (unpaired) electrons. The number of carboxylic acid groups (broad SMARTS) is 1. The van der Waals surface area contributed by atoms with Gasteiger partial charge < -0.3 is 5.11 Å². The number of hydrogen-bond donors (Lipinski definition) is 1. The van der Waals surface area contributed by atoms with E-state index in [1.165, 1.54) is 12.8 Å². The number of aromatic carboxylic acids is 1. The highest BCUT2D eigenvalue weighted by atomic mass is 16.4. The van der Waals surface area contributed by atoms with Gasteiger partial charge in [0.1, 0.15) is 0 Å². The first-order valence-corrected chi connectivity index (χ1v) is 5.68. The summed E-state index contributed by atoms with van der Waals surface area (Å²) in [4.78, 5) is 11.0. The second-order valence-electron chi connectivity index (χ2n) is 3.84. The lowest BCUT2D eigenvalue weighted by molar-refractivity contribution is 0.0696. The number of hydrogen-bond acceptors (Lipinski definition) is 1. The van der Waals surface area contributed by atoms with Crippen LogP contribution in [-0.4, -0.2) is 11.1 Å². The molecule has 1 N–H and O–H groups in total. The van der Waals surface area contributed by atoms with Crippen LogP contribution in [0.4, 0.5) is 0 Å². The van der Waals surface area contributed by atoms with Crippen molar-refractivity contribution >= 4 is 12.0 Å². The summed E-state index contributed by atoms with van der Waals surface area (Å²) in [6, 6.07) is 5.42. The van der Waals surface area contributed by atoms with E-state index in [9.17, 15) is 4.79 Å². The molecule has 0 unspecified atom stereocenters. The highest BCUT2D eigenvalue weighted by Gasteiger charge is 2.10. The van der Waals surface area contributed by atoms with E-state index in [1.54, 1.807) is 18.2 Å².